The first-order valence-corrected chi connectivity index (χ1v) is 8.91. The molecular weight excluding hydrogens is 294 g/mol. The van der Waals surface area contributed by atoms with Gasteiger partial charge in [0, 0.05) is 18.8 Å². The number of unbranched alkanes of at least 4 members (excludes halogenated alkanes) is 1. The molecule has 0 aliphatic rings. The summed E-state index contributed by atoms with van der Waals surface area (Å²) >= 11 is 1.55. The summed E-state index contributed by atoms with van der Waals surface area (Å²) in [7, 11) is 0. The van der Waals surface area contributed by atoms with Gasteiger partial charge in [0.15, 0.2) is 5.16 Å². The van der Waals surface area contributed by atoms with Gasteiger partial charge < -0.3 is 4.90 Å². The van der Waals surface area contributed by atoms with Gasteiger partial charge >= 0.3 is 0 Å². The lowest BCUT2D eigenvalue weighted by Gasteiger charge is -2.21. The molecule has 0 saturated heterocycles. The minimum absolute atomic E-state index is 0.0487. The van der Waals surface area contributed by atoms with Gasteiger partial charge in [0.1, 0.15) is 5.69 Å². The Morgan fingerprint density at radius 2 is 2.00 bits per heavy atom. The third-order valence-electron chi connectivity index (χ3n) is 3.60. The van der Waals surface area contributed by atoms with E-state index in [4.69, 9.17) is 0 Å². The topological polar surface area (TPSA) is 38.1 Å². The number of hydrogen-bond acceptors (Lipinski definition) is 3. The van der Waals surface area contributed by atoms with Crippen molar-refractivity contribution in [2.45, 2.75) is 31.8 Å². The molecule has 0 aliphatic heterocycles. The van der Waals surface area contributed by atoms with Crippen LogP contribution in [-0.4, -0.2) is 39.7 Å². The van der Waals surface area contributed by atoms with Gasteiger partial charge in [-0.3, -0.25) is 9.36 Å². The Labute approximate surface area is 136 Å². The van der Waals surface area contributed by atoms with Crippen LogP contribution in [-0.2, 0) is 0 Å². The Morgan fingerprint density at radius 1 is 1.27 bits per heavy atom. The predicted molar refractivity (Wildman–Crippen MR) is 91.8 cm³/mol. The second-order valence-corrected chi connectivity index (χ2v) is 5.81. The van der Waals surface area contributed by atoms with Gasteiger partial charge in [-0.25, -0.2) is 4.98 Å². The molecule has 2 rings (SSSR count). The zero-order valence-corrected chi connectivity index (χ0v) is 14.3. The van der Waals surface area contributed by atoms with Gasteiger partial charge in [0.05, 0.1) is 6.20 Å². The minimum Gasteiger partial charge on any atom is -0.338 e. The van der Waals surface area contributed by atoms with Crippen LogP contribution in [0.25, 0.3) is 5.69 Å². The van der Waals surface area contributed by atoms with Crippen molar-refractivity contribution in [3.05, 3.63) is 42.2 Å². The molecule has 0 spiro atoms. The van der Waals surface area contributed by atoms with Gasteiger partial charge in [-0.2, -0.15) is 0 Å². The van der Waals surface area contributed by atoms with Gasteiger partial charge in [-0.15, -0.1) is 0 Å². The Balaban J connectivity index is 2.39. The van der Waals surface area contributed by atoms with Crippen molar-refractivity contribution < 1.29 is 4.79 Å². The van der Waals surface area contributed by atoms with Crippen molar-refractivity contribution in [3.8, 4) is 5.69 Å². The molecule has 22 heavy (non-hydrogen) atoms. The van der Waals surface area contributed by atoms with E-state index in [1.54, 1.807) is 18.0 Å². The highest BCUT2D eigenvalue weighted by molar-refractivity contribution is 7.98. The number of thioether (sulfide) groups is 1. The number of para-hydroxylation sites is 1. The minimum atomic E-state index is 0.0487. The van der Waals surface area contributed by atoms with Crippen LogP contribution in [0.2, 0.25) is 0 Å². The molecule has 4 nitrogen and oxygen atoms in total. The molecule has 1 amide bonds. The summed E-state index contributed by atoms with van der Waals surface area (Å²) in [5.74, 6) is 0.0487. The second-order valence-electron chi connectivity index (χ2n) is 5.04. The molecule has 1 aromatic carbocycles. The zero-order chi connectivity index (χ0) is 15.9. The van der Waals surface area contributed by atoms with Crippen molar-refractivity contribution in [2.24, 2.45) is 0 Å². The summed E-state index contributed by atoms with van der Waals surface area (Å²) in [6, 6.07) is 9.92. The lowest BCUT2D eigenvalue weighted by atomic mass is 10.2. The van der Waals surface area contributed by atoms with E-state index in [1.165, 1.54) is 0 Å². The number of carbonyl (C=O) groups is 1. The number of aromatic nitrogens is 2. The monoisotopic (exact) mass is 317 g/mol. The van der Waals surface area contributed by atoms with Crippen LogP contribution in [0.5, 0.6) is 0 Å². The summed E-state index contributed by atoms with van der Waals surface area (Å²) in [6.45, 7) is 5.67. The fourth-order valence-electron chi connectivity index (χ4n) is 2.37. The fraction of sp³-hybridized carbons (Fsp3) is 0.412. The van der Waals surface area contributed by atoms with Crippen molar-refractivity contribution in [1.82, 2.24) is 14.5 Å². The second kappa shape index (κ2) is 8.03. The molecule has 0 N–H and O–H groups in total. The molecule has 5 heteroatoms. The lowest BCUT2D eigenvalue weighted by Crippen LogP contribution is -2.33. The largest absolute Gasteiger partial charge is 0.338 e. The van der Waals surface area contributed by atoms with Crippen LogP contribution in [0.4, 0.5) is 0 Å². The van der Waals surface area contributed by atoms with Crippen LogP contribution >= 0.6 is 11.8 Å². The third kappa shape index (κ3) is 3.53. The molecule has 0 atom stereocenters. The molecule has 1 aromatic heterocycles. The Bertz CT molecular complexity index is 610. The summed E-state index contributed by atoms with van der Waals surface area (Å²) < 4.78 is 1.95. The normalized spacial score (nSPS) is 10.7. The summed E-state index contributed by atoms with van der Waals surface area (Å²) in [4.78, 5) is 19.2. The third-order valence-corrected chi connectivity index (χ3v) is 4.25. The van der Waals surface area contributed by atoms with Crippen molar-refractivity contribution in [2.75, 3.05) is 19.3 Å². The van der Waals surface area contributed by atoms with E-state index in [2.05, 4.69) is 11.9 Å². The van der Waals surface area contributed by atoms with Crippen LogP contribution in [0, 0.1) is 0 Å². The van der Waals surface area contributed by atoms with Gasteiger partial charge in [-0.05, 0) is 31.7 Å². The van der Waals surface area contributed by atoms with E-state index >= 15 is 0 Å². The molecule has 0 radical (unpaired) electrons. The smallest absolute Gasteiger partial charge is 0.272 e. The molecule has 0 fully saturated rings. The number of benzene rings is 1. The maximum atomic E-state index is 12.9. The Morgan fingerprint density at radius 3 is 2.59 bits per heavy atom. The molecule has 118 valence electrons. The first-order chi connectivity index (χ1) is 10.7. The number of rotatable bonds is 7. The van der Waals surface area contributed by atoms with E-state index < -0.39 is 0 Å². The Kier molecular flexibility index (Phi) is 6.07. The molecule has 0 unspecified atom stereocenters. The standard InChI is InChI=1S/C17H23N3OS/c1-4-6-12-19(5-2)16(21)15-13-18-17(22-3)20(15)14-10-8-7-9-11-14/h7-11,13H,4-6,12H2,1-3H3. The molecule has 2 aromatic rings. The lowest BCUT2D eigenvalue weighted by molar-refractivity contribution is 0.0753. The van der Waals surface area contributed by atoms with E-state index in [-0.39, 0.29) is 5.91 Å². The quantitative estimate of drug-likeness (QED) is 0.728. The van der Waals surface area contributed by atoms with Crippen LogP contribution in [0.15, 0.2) is 41.7 Å². The predicted octanol–water partition coefficient (Wildman–Crippen LogP) is 3.86. The molecule has 0 aliphatic carbocycles. The molecular formula is C17H23N3OS. The van der Waals surface area contributed by atoms with Crippen LogP contribution in [0.3, 0.4) is 0 Å². The highest BCUT2D eigenvalue weighted by atomic mass is 32.2. The van der Waals surface area contributed by atoms with Crippen LogP contribution in [0.1, 0.15) is 37.2 Å². The maximum absolute atomic E-state index is 12.9. The Hall–Kier alpha value is -1.75. The number of hydrogen-bond donors (Lipinski definition) is 0. The average molecular weight is 317 g/mol. The number of carbonyl (C=O) groups excluding carboxylic acids is 1. The van der Waals surface area contributed by atoms with Crippen molar-refractivity contribution >= 4 is 17.7 Å². The first-order valence-electron chi connectivity index (χ1n) is 7.69. The zero-order valence-electron chi connectivity index (χ0n) is 13.5. The van der Waals surface area contributed by atoms with Gasteiger partial charge in [-0.1, -0.05) is 43.3 Å². The van der Waals surface area contributed by atoms with Crippen molar-refractivity contribution in [1.29, 1.82) is 0 Å². The summed E-state index contributed by atoms with van der Waals surface area (Å²) in [6.07, 6.45) is 5.77. The number of nitrogens with zero attached hydrogens (tertiary/aromatic N) is 3. The molecule has 1 heterocycles. The van der Waals surface area contributed by atoms with Crippen molar-refractivity contribution in [3.63, 3.8) is 0 Å². The highest BCUT2D eigenvalue weighted by Gasteiger charge is 2.21. The van der Waals surface area contributed by atoms with Crippen LogP contribution < -0.4 is 0 Å². The SMILES string of the molecule is CCCCN(CC)C(=O)c1cnc(SC)n1-c1ccccc1. The summed E-state index contributed by atoms with van der Waals surface area (Å²) in [5.41, 5.74) is 1.60. The molecule has 0 bridgehead atoms. The number of amides is 1. The average Bonchev–Trinajstić information content (AvgIpc) is 3.00. The van der Waals surface area contributed by atoms with E-state index in [0.29, 0.717) is 12.2 Å². The summed E-state index contributed by atoms with van der Waals surface area (Å²) in [5, 5.41) is 0.834. The van der Waals surface area contributed by atoms with Gasteiger partial charge in [0.25, 0.3) is 5.91 Å². The fourth-order valence-corrected chi connectivity index (χ4v) is 2.92. The highest BCUT2D eigenvalue weighted by Crippen LogP contribution is 2.22. The number of imidazole rings is 1. The van der Waals surface area contributed by atoms with Gasteiger partial charge in [0.2, 0.25) is 0 Å². The van der Waals surface area contributed by atoms with E-state index in [9.17, 15) is 4.79 Å². The van der Waals surface area contributed by atoms with E-state index in [0.717, 1.165) is 30.2 Å². The maximum Gasteiger partial charge on any atom is 0.272 e. The first kappa shape index (κ1) is 16.6. The van der Waals surface area contributed by atoms with E-state index in [1.807, 2.05) is 53.0 Å². The molecule has 0 saturated carbocycles.